The molecule has 0 bridgehead atoms. The largest absolute Gasteiger partial charge is 0.496 e. The molecule has 2 aromatic rings. The van der Waals surface area contributed by atoms with Crippen LogP contribution in [0.3, 0.4) is 0 Å². The molecule has 0 spiro atoms. The Morgan fingerprint density at radius 2 is 1.50 bits per heavy atom. The second kappa shape index (κ2) is 5.65. The molecule has 0 unspecified atom stereocenters. The summed E-state index contributed by atoms with van der Waals surface area (Å²) >= 11 is 0. The topological polar surface area (TPSA) is 55.8 Å². The highest BCUT2D eigenvalue weighted by Gasteiger charge is 2.14. The number of methoxy groups -OCH3 is 2. The summed E-state index contributed by atoms with van der Waals surface area (Å²) in [4.78, 5) is 11.1. The molecule has 0 aliphatic heterocycles. The number of hydrogen-bond donors (Lipinski definition) is 1. The highest BCUT2D eigenvalue weighted by atomic mass is 16.5. The van der Waals surface area contributed by atoms with Gasteiger partial charge in [0.2, 0.25) is 0 Å². The van der Waals surface area contributed by atoms with Gasteiger partial charge in [-0.2, -0.15) is 0 Å². The Morgan fingerprint density at radius 3 is 2.05 bits per heavy atom. The van der Waals surface area contributed by atoms with Crippen LogP contribution >= 0.6 is 0 Å². The van der Waals surface area contributed by atoms with E-state index in [1.54, 1.807) is 26.4 Å². The summed E-state index contributed by atoms with van der Waals surface area (Å²) in [6.45, 7) is 1.97. The van der Waals surface area contributed by atoms with Crippen molar-refractivity contribution in [2.45, 2.75) is 6.92 Å². The molecule has 0 heterocycles. The average Bonchev–Trinajstić information content (AvgIpc) is 2.46. The predicted molar refractivity (Wildman–Crippen MR) is 76.7 cm³/mol. The van der Waals surface area contributed by atoms with Gasteiger partial charge in [0.05, 0.1) is 19.8 Å². The Morgan fingerprint density at radius 1 is 0.950 bits per heavy atom. The smallest absolute Gasteiger partial charge is 0.335 e. The minimum absolute atomic E-state index is 0.212. The standard InChI is InChI=1S/C16H16O4/c1-10-4-6-14(19-2)12(8-10)13-9-11(16(17)18)5-7-15(13)20-3/h4-9H,1-3H3,(H,17,18). The lowest BCUT2D eigenvalue weighted by Crippen LogP contribution is -1.99. The van der Waals surface area contributed by atoms with Crippen molar-refractivity contribution in [1.29, 1.82) is 0 Å². The number of carbonyl (C=O) groups is 1. The second-order valence-electron chi connectivity index (χ2n) is 4.42. The van der Waals surface area contributed by atoms with Crippen molar-refractivity contribution in [3.8, 4) is 22.6 Å². The molecule has 0 amide bonds. The Bertz CT molecular complexity index is 647. The minimum Gasteiger partial charge on any atom is -0.496 e. The Hall–Kier alpha value is -2.49. The van der Waals surface area contributed by atoms with Crippen molar-refractivity contribution in [2.24, 2.45) is 0 Å². The molecule has 0 aliphatic rings. The minimum atomic E-state index is -0.972. The average molecular weight is 272 g/mol. The van der Waals surface area contributed by atoms with Crippen LogP contribution in [0.25, 0.3) is 11.1 Å². The van der Waals surface area contributed by atoms with Gasteiger partial charge in [-0.05, 0) is 37.3 Å². The number of aryl methyl sites for hydroxylation is 1. The number of benzene rings is 2. The Labute approximate surface area is 117 Å². The summed E-state index contributed by atoms with van der Waals surface area (Å²) in [5, 5.41) is 9.13. The maximum absolute atomic E-state index is 11.1. The van der Waals surface area contributed by atoms with Crippen LogP contribution in [0, 0.1) is 6.92 Å². The van der Waals surface area contributed by atoms with E-state index < -0.39 is 5.97 Å². The lowest BCUT2D eigenvalue weighted by Gasteiger charge is -2.14. The van der Waals surface area contributed by atoms with E-state index in [9.17, 15) is 4.79 Å². The van der Waals surface area contributed by atoms with Crippen LogP contribution in [-0.4, -0.2) is 25.3 Å². The molecular formula is C16H16O4. The van der Waals surface area contributed by atoms with Crippen LogP contribution < -0.4 is 9.47 Å². The summed E-state index contributed by atoms with van der Waals surface area (Å²) in [7, 11) is 3.14. The van der Waals surface area contributed by atoms with Gasteiger partial charge in [0, 0.05) is 11.1 Å². The third kappa shape index (κ3) is 2.59. The zero-order valence-electron chi connectivity index (χ0n) is 11.6. The van der Waals surface area contributed by atoms with Crippen molar-refractivity contribution < 1.29 is 19.4 Å². The summed E-state index contributed by atoms with van der Waals surface area (Å²) in [6, 6.07) is 10.5. The highest BCUT2D eigenvalue weighted by molar-refractivity contribution is 5.91. The lowest BCUT2D eigenvalue weighted by molar-refractivity contribution is 0.0697. The van der Waals surface area contributed by atoms with E-state index in [1.165, 1.54) is 6.07 Å². The maximum atomic E-state index is 11.1. The SMILES string of the molecule is COc1ccc(C)cc1-c1cc(C(=O)O)ccc1OC. The van der Waals surface area contributed by atoms with Gasteiger partial charge in [-0.15, -0.1) is 0 Å². The molecule has 4 nitrogen and oxygen atoms in total. The molecule has 0 saturated carbocycles. The molecule has 2 aromatic carbocycles. The van der Waals surface area contributed by atoms with Crippen molar-refractivity contribution >= 4 is 5.97 Å². The molecule has 20 heavy (non-hydrogen) atoms. The van der Waals surface area contributed by atoms with Crippen molar-refractivity contribution in [1.82, 2.24) is 0 Å². The van der Waals surface area contributed by atoms with Crippen molar-refractivity contribution in [2.75, 3.05) is 14.2 Å². The zero-order chi connectivity index (χ0) is 14.7. The fraction of sp³-hybridized carbons (Fsp3) is 0.188. The molecule has 0 atom stereocenters. The Kier molecular flexibility index (Phi) is 3.94. The van der Waals surface area contributed by atoms with Gasteiger partial charge in [0.15, 0.2) is 0 Å². The molecule has 1 N–H and O–H groups in total. The summed E-state index contributed by atoms with van der Waals surface area (Å²) in [5.41, 5.74) is 2.79. The normalized spacial score (nSPS) is 10.2. The Balaban J connectivity index is 2.69. The third-order valence-corrected chi connectivity index (χ3v) is 3.09. The summed E-state index contributed by atoms with van der Waals surface area (Å²) < 4.78 is 10.7. The van der Waals surface area contributed by atoms with Gasteiger partial charge in [-0.25, -0.2) is 4.79 Å². The van der Waals surface area contributed by atoms with Gasteiger partial charge in [0.25, 0.3) is 0 Å². The van der Waals surface area contributed by atoms with E-state index in [4.69, 9.17) is 14.6 Å². The highest BCUT2D eigenvalue weighted by Crippen LogP contribution is 2.37. The zero-order valence-corrected chi connectivity index (χ0v) is 11.6. The van der Waals surface area contributed by atoms with Crippen LogP contribution in [-0.2, 0) is 0 Å². The van der Waals surface area contributed by atoms with E-state index in [0.717, 1.165) is 11.1 Å². The van der Waals surface area contributed by atoms with E-state index in [0.29, 0.717) is 17.1 Å². The van der Waals surface area contributed by atoms with Gasteiger partial charge in [-0.3, -0.25) is 0 Å². The second-order valence-corrected chi connectivity index (χ2v) is 4.42. The molecule has 0 radical (unpaired) electrons. The third-order valence-electron chi connectivity index (χ3n) is 3.09. The number of aromatic carboxylic acids is 1. The number of ether oxygens (including phenoxy) is 2. The molecule has 4 heteroatoms. The van der Waals surface area contributed by atoms with Crippen LogP contribution in [0.4, 0.5) is 0 Å². The molecular weight excluding hydrogens is 256 g/mol. The number of rotatable bonds is 4. The number of carboxylic acid groups (broad SMARTS) is 1. The van der Waals surface area contributed by atoms with E-state index in [-0.39, 0.29) is 5.56 Å². The first-order valence-corrected chi connectivity index (χ1v) is 6.13. The van der Waals surface area contributed by atoms with Crippen molar-refractivity contribution in [3.05, 3.63) is 47.5 Å². The molecule has 0 fully saturated rings. The lowest BCUT2D eigenvalue weighted by atomic mass is 9.99. The van der Waals surface area contributed by atoms with Gasteiger partial charge < -0.3 is 14.6 Å². The monoisotopic (exact) mass is 272 g/mol. The van der Waals surface area contributed by atoms with Gasteiger partial charge >= 0.3 is 5.97 Å². The number of carboxylic acids is 1. The molecule has 2 rings (SSSR count). The molecule has 104 valence electrons. The molecule has 0 aliphatic carbocycles. The molecule has 0 aromatic heterocycles. The fourth-order valence-electron chi connectivity index (χ4n) is 2.08. The first-order chi connectivity index (χ1) is 9.56. The first-order valence-electron chi connectivity index (χ1n) is 6.13. The van der Waals surface area contributed by atoms with E-state index >= 15 is 0 Å². The van der Waals surface area contributed by atoms with Crippen LogP contribution in [0.5, 0.6) is 11.5 Å². The fourth-order valence-corrected chi connectivity index (χ4v) is 2.08. The maximum Gasteiger partial charge on any atom is 0.335 e. The van der Waals surface area contributed by atoms with E-state index in [1.807, 2.05) is 25.1 Å². The van der Waals surface area contributed by atoms with Crippen LogP contribution in [0.2, 0.25) is 0 Å². The summed E-state index contributed by atoms with van der Waals surface area (Å²) in [6.07, 6.45) is 0. The summed E-state index contributed by atoms with van der Waals surface area (Å²) in [5.74, 6) is 0.316. The molecule has 0 saturated heterocycles. The van der Waals surface area contributed by atoms with Crippen molar-refractivity contribution in [3.63, 3.8) is 0 Å². The van der Waals surface area contributed by atoms with Gasteiger partial charge in [0.1, 0.15) is 11.5 Å². The quantitative estimate of drug-likeness (QED) is 0.927. The van der Waals surface area contributed by atoms with Crippen LogP contribution in [0.15, 0.2) is 36.4 Å². The van der Waals surface area contributed by atoms with Gasteiger partial charge in [-0.1, -0.05) is 11.6 Å². The van der Waals surface area contributed by atoms with Crippen LogP contribution in [0.1, 0.15) is 15.9 Å². The first kappa shape index (κ1) is 13.9. The van der Waals surface area contributed by atoms with E-state index in [2.05, 4.69) is 0 Å². The number of hydrogen-bond acceptors (Lipinski definition) is 3. The predicted octanol–water partition coefficient (Wildman–Crippen LogP) is 3.38.